The number of carbonyl (C=O) groups is 1. The van der Waals surface area contributed by atoms with Gasteiger partial charge in [-0.15, -0.1) is 11.8 Å². The number of nitrogens with zero attached hydrogens (tertiary/aromatic N) is 1. The van der Waals surface area contributed by atoms with Gasteiger partial charge in [0.15, 0.2) is 0 Å². The minimum absolute atomic E-state index is 0.192. The molecular weight excluding hydrogens is 244 g/mol. The Labute approximate surface area is 114 Å². The van der Waals surface area contributed by atoms with Crippen LogP contribution < -0.4 is 5.32 Å². The second-order valence-electron chi connectivity index (χ2n) is 4.19. The Morgan fingerprint density at radius 3 is 2.78 bits per heavy atom. The van der Waals surface area contributed by atoms with Gasteiger partial charge in [0.05, 0.1) is 0 Å². The van der Waals surface area contributed by atoms with E-state index in [-0.39, 0.29) is 5.91 Å². The molecule has 0 aliphatic rings. The Kier molecular flexibility index (Phi) is 8.30. The fourth-order valence-electron chi connectivity index (χ4n) is 1.55. The smallest absolute Gasteiger partial charge is 0.219 e. The van der Waals surface area contributed by atoms with E-state index in [0.717, 1.165) is 38.0 Å². The van der Waals surface area contributed by atoms with Crippen LogP contribution in [0.25, 0.3) is 0 Å². The summed E-state index contributed by atoms with van der Waals surface area (Å²) in [7, 11) is 0. The van der Waals surface area contributed by atoms with Gasteiger partial charge in [-0.25, -0.2) is 0 Å². The van der Waals surface area contributed by atoms with Crippen LogP contribution in [0.5, 0.6) is 0 Å². The summed E-state index contributed by atoms with van der Waals surface area (Å²) in [6.45, 7) is 2.93. The van der Waals surface area contributed by atoms with Crippen LogP contribution in [0, 0.1) is 0 Å². The predicted octanol–water partition coefficient (Wildman–Crippen LogP) is 3.26. The van der Waals surface area contributed by atoms with Crippen molar-refractivity contribution >= 4 is 17.7 Å². The van der Waals surface area contributed by atoms with Crippen molar-refractivity contribution in [2.24, 2.45) is 0 Å². The molecule has 0 aromatic carbocycles. The van der Waals surface area contributed by atoms with Crippen molar-refractivity contribution in [3.05, 3.63) is 24.5 Å². The Bertz CT molecular complexity index is 330. The maximum absolute atomic E-state index is 11.4. The highest BCUT2D eigenvalue weighted by Gasteiger charge is 1.99. The maximum atomic E-state index is 11.4. The van der Waals surface area contributed by atoms with Gasteiger partial charge in [0.2, 0.25) is 5.91 Å². The number of aromatic nitrogens is 1. The minimum atomic E-state index is 0.192. The van der Waals surface area contributed by atoms with Gasteiger partial charge in [0.25, 0.3) is 0 Å². The molecule has 0 spiro atoms. The van der Waals surface area contributed by atoms with E-state index in [1.165, 1.54) is 4.90 Å². The Morgan fingerprint density at radius 1 is 1.28 bits per heavy atom. The van der Waals surface area contributed by atoms with Gasteiger partial charge < -0.3 is 5.32 Å². The molecule has 0 atom stereocenters. The van der Waals surface area contributed by atoms with Gasteiger partial charge >= 0.3 is 0 Å². The van der Waals surface area contributed by atoms with Gasteiger partial charge in [-0.05, 0) is 30.7 Å². The molecule has 0 radical (unpaired) electrons. The number of carbonyl (C=O) groups excluding carboxylic acids is 1. The van der Waals surface area contributed by atoms with Crippen LogP contribution in [0.4, 0.5) is 0 Å². The van der Waals surface area contributed by atoms with E-state index in [1.807, 2.05) is 12.1 Å². The van der Waals surface area contributed by atoms with Crippen molar-refractivity contribution in [2.45, 2.75) is 43.9 Å². The molecule has 0 saturated carbocycles. The van der Waals surface area contributed by atoms with Crippen molar-refractivity contribution in [1.82, 2.24) is 10.3 Å². The molecule has 100 valence electrons. The molecule has 1 aromatic heterocycles. The summed E-state index contributed by atoms with van der Waals surface area (Å²) in [6, 6.07) is 4.02. The average molecular weight is 266 g/mol. The zero-order chi connectivity index (χ0) is 13.1. The molecule has 1 heterocycles. The van der Waals surface area contributed by atoms with Crippen LogP contribution in [0.1, 0.15) is 39.0 Å². The van der Waals surface area contributed by atoms with Crippen LogP contribution in [0.3, 0.4) is 0 Å². The van der Waals surface area contributed by atoms with Gasteiger partial charge in [0, 0.05) is 30.3 Å². The highest BCUT2D eigenvalue weighted by Crippen LogP contribution is 2.16. The summed E-state index contributed by atoms with van der Waals surface area (Å²) in [5, 5.41) is 2.96. The fourth-order valence-corrected chi connectivity index (χ4v) is 2.39. The first-order valence-electron chi connectivity index (χ1n) is 6.62. The Hall–Kier alpha value is -1.03. The topological polar surface area (TPSA) is 42.0 Å². The van der Waals surface area contributed by atoms with Crippen molar-refractivity contribution in [3.8, 4) is 0 Å². The first kappa shape index (κ1) is 15.0. The highest BCUT2D eigenvalue weighted by molar-refractivity contribution is 7.99. The summed E-state index contributed by atoms with van der Waals surface area (Å²) in [4.78, 5) is 16.6. The molecule has 1 rings (SSSR count). The number of amides is 1. The molecule has 1 amide bonds. The third-order valence-electron chi connectivity index (χ3n) is 2.57. The zero-order valence-corrected chi connectivity index (χ0v) is 11.8. The quantitative estimate of drug-likeness (QED) is 0.551. The van der Waals surface area contributed by atoms with Crippen molar-refractivity contribution in [2.75, 3.05) is 12.3 Å². The second kappa shape index (κ2) is 9.95. The lowest BCUT2D eigenvalue weighted by Gasteiger charge is -2.05. The van der Waals surface area contributed by atoms with E-state index < -0.39 is 0 Å². The number of nitrogens with one attached hydrogen (secondary N) is 1. The zero-order valence-electron chi connectivity index (χ0n) is 11.0. The number of thioether (sulfide) groups is 1. The first-order valence-corrected chi connectivity index (χ1v) is 7.61. The molecule has 3 nitrogen and oxygen atoms in total. The molecule has 0 unspecified atom stereocenters. The van der Waals surface area contributed by atoms with Crippen LogP contribution in [0.15, 0.2) is 29.4 Å². The van der Waals surface area contributed by atoms with Crippen LogP contribution in [-0.2, 0) is 4.79 Å². The van der Waals surface area contributed by atoms with E-state index >= 15 is 0 Å². The maximum Gasteiger partial charge on any atom is 0.219 e. The standard InChI is InChI=1S/C14H22N2OS/c1-2-3-4-6-14(17)16-9-5-12-18-13-7-10-15-11-8-13/h7-8,10-11H,2-6,9,12H2,1H3,(H,16,17). The predicted molar refractivity (Wildman–Crippen MR) is 76.7 cm³/mol. The van der Waals surface area contributed by atoms with Crippen molar-refractivity contribution in [3.63, 3.8) is 0 Å². The number of unbranched alkanes of at least 4 members (excludes halogenated alkanes) is 2. The molecule has 0 aliphatic heterocycles. The third kappa shape index (κ3) is 7.33. The van der Waals surface area contributed by atoms with Crippen molar-refractivity contribution in [1.29, 1.82) is 0 Å². The molecule has 1 aromatic rings. The lowest BCUT2D eigenvalue weighted by atomic mass is 10.2. The Morgan fingerprint density at radius 2 is 2.06 bits per heavy atom. The normalized spacial score (nSPS) is 10.3. The second-order valence-corrected chi connectivity index (χ2v) is 5.36. The summed E-state index contributed by atoms with van der Waals surface area (Å²) in [5.41, 5.74) is 0. The van der Waals surface area contributed by atoms with Gasteiger partial charge in [-0.3, -0.25) is 9.78 Å². The monoisotopic (exact) mass is 266 g/mol. The van der Waals surface area contributed by atoms with E-state index in [4.69, 9.17) is 0 Å². The lowest BCUT2D eigenvalue weighted by Crippen LogP contribution is -2.24. The molecule has 1 N–H and O–H groups in total. The summed E-state index contributed by atoms with van der Waals surface area (Å²) in [5.74, 6) is 1.22. The lowest BCUT2D eigenvalue weighted by molar-refractivity contribution is -0.121. The highest BCUT2D eigenvalue weighted by atomic mass is 32.2. The third-order valence-corrected chi connectivity index (χ3v) is 3.67. The van der Waals surface area contributed by atoms with E-state index in [0.29, 0.717) is 6.42 Å². The molecule has 4 heteroatoms. The van der Waals surface area contributed by atoms with Crippen molar-refractivity contribution < 1.29 is 4.79 Å². The number of rotatable bonds is 9. The number of pyridine rings is 1. The Balaban J connectivity index is 1.97. The van der Waals surface area contributed by atoms with Crippen LogP contribution in [-0.4, -0.2) is 23.2 Å². The summed E-state index contributed by atoms with van der Waals surface area (Å²) in [6.07, 6.45) is 8.60. The van der Waals surface area contributed by atoms with E-state index in [2.05, 4.69) is 17.2 Å². The molecular formula is C14H22N2OS. The number of hydrogen-bond donors (Lipinski definition) is 1. The van der Waals surface area contributed by atoms with E-state index in [9.17, 15) is 4.79 Å². The molecule has 0 saturated heterocycles. The van der Waals surface area contributed by atoms with Crippen LogP contribution >= 0.6 is 11.8 Å². The van der Waals surface area contributed by atoms with Gasteiger partial charge in [0.1, 0.15) is 0 Å². The largest absolute Gasteiger partial charge is 0.356 e. The van der Waals surface area contributed by atoms with Gasteiger partial charge in [-0.1, -0.05) is 19.8 Å². The number of hydrogen-bond acceptors (Lipinski definition) is 3. The first-order chi connectivity index (χ1) is 8.83. The minimum Gasteiger partial charge on any atom is -0.356 e. The average Bonchev–Trinajstić information content (AvgIpc) is 2.40. The summed E-state index contributed by atoms with van der Waals surface area (Å²) < 4.78 is 0. The molecule has 0 fully saturated rings. The molecule has 0 aliphatic carbocycles. The molecule has 18 heavy (non-hydrogen) atoms. The fraction of sp³-hybridized carbons (Fsp3) is 0.571. The van der Waals surface area contributed by atoms with Crippen LogP contribution in [0.2, 0.25) is 0 Å². The van der Waals surface area contributed by atoms with E-state index in [1.54, 1.807) is 24.2 Å². The SMILES string of the molecule is CCCCCC(=O)NCCCSc1ccncc1. The molecule has 0 bridgehead atoms. The van der Waals surface area contributed by atoms with Gasteiger partial charge in [-0.2, -0.15) is 0 Å². The summed E-state index contributed by atoms with van der Waals surface area (Å²) >= 11 is 1.80.